The summed E-state index contributed by atoms with van der Waals surface area (Å²) in [7, 11) is 0. The zero-order valence-corrected chi connectivity index (χ0v) is 12.0. The number of benzene rings is 1. The third-order valence-corrected chi connectivity index (χ3v) is 4.47. The summed E-state index contributed by atoms with van der Waals surface area (Å²) in [4.78, 5) is 13.7. The van der Waals surface area contributed by atoms with E-state index in [9.17, 15) is 18.0 Å². The van der Waals surface area contributed by atoms with Crippen molar-refractivity contribution in [3.8, 4) is 0 Å². The molecule has 1 aromatic rings. The van der Waals surface area contributed by atoms with Crippen LogP contribution in [0, 0.1) is 29.3 Å². The Bertz CT molecular complexity index is 569. The maximum absolute atomic E-state index is 13.6. The quantitative estimate of drug-likeness (QED) is 0.807. The Hall–Kier alpha value is -1.27. The van der Waals surface area contributed by atoms with Crippen molar-refractivity contribution in [1.29, 1.82) is 0 Å². The number of carbonyl (C=O) groups excluding carboxylic acids is 1. The van der Waals surface area contributed by atoms with Crippen molar-refractivity contribution in [2.24, 2.45) is 17.6 Å². The molecular formula is C14H16ClF3N2O. The maximum Gasteiger partial charge on any atom is 0.256 e. The van der Waals surface area contributed by atoms with Crippen LogP contribution in [0.3, 0.4) is 0 Å². The van der Waals surface area contributed by atoms with Crippen LogP contribution >= 0.6 is 12.4 Å². The van der Waals surface area contributed by atoms with Crippen LogP contribution in [-0.2, 0) is 0 Å². The Morgan fingerprint density at radius 2 is 1.86 bits per heavy atom. The van der Waals surface area contributed by atoms with E-state index >= 15 is 0 Å². The molecule has 1 saturated carbocycles. The van der Waals surface area contributed by atoms with Gasteiger partial charge in [-0.1, -0.05) is 0 Å². The summed E-state index contributed by atoms with van der Waals surface area (Å²) in [6.07, 6.45) is 1.90. The number of amides is 1. The second-order valence-electron chi connectivity index (χ2n) is 5.60. The van der Waals surface area contributed by atoms with Crippen LogP contribution in [0.4, 0.5) is 13.2 Å². The summed E-state index contributed by atoms with van der Waals surface area (Å²) in [5, 5.41) is 0. The molecule has 116 valence electrons. The van der Waals surface area contributed by atoms with E-state index in [1.165, 1.54) is 4.90 Å². The summed E-state index contributed by atoms with van der Waals surface area (Å²) < 4.78 is 39.7. The van der Waals surface area contributed by atoms with E-state index in [1.807, 2.05) is 0 Å². The summed E-state index contributed by atoms with van der Waals surface area (Å²) in [6.45, 7) is 0.971. The highest BCUT2D eigenvalue weighted by Gasteiger charge is 2.43. The number of nitrogens with two attached hydrogens (primary N) is 1. The lowest BCUT2D eigenvalue weighted by atomic mass is 9.98. The molecule has 2 fully saturated rings. The first-order valence-electron chi connectivity index (χ1n) is 6.67. The van der Waals surface area contributed by atoms with Crippen molar-refractivity contribution >= 4 is 18.3 Å². The largest absolute Gasteiger partial charge is 0.338 e. The van der Waals surface area contributed by atoms with Gasteiger partial charge >= 0.3 is 0 Å². The third kappa shape index (κ3) is 2.62. The normalized spacial score (nSPS) is 27.4. The van der Waals surface area contributed by atoms with Gasteiger partial charge in [0.15, 0.2) is 17.5 Å². The molecule has 2 aliphatic rings. The van der Waals surface area contributed by atoms with Crippen molar-refractivity contribution in [3.05, 3.63) is 35.1 Å². The highest BCUT2D eigenvalue weighted by Crippen LogP contribution is 2.37. The molecule has 2 N–H and O–H groups in total. The monoisotopic (exact) mass is 320 g/mol. The highest BCUT2D eigenvalue weighted by atomic mass is 35.5. The van der Waals surface area contributed by atoms with Gasteiger partial charge in [-0.2, -0.15) is 0 Å². The van der Waals surface area contributed by atoms with Crippen LogP contribution < -0.4 is 5.73 Å². The van der Waals surface area contributed by atoms with Crippen LogP contribution in [0.5, 0.6) is 0 Å². The van der Waals surface area contributed by atoms with Crippen LogP contribution in [0.2, 0.25) is 0 Å². The van der Waals surface area contributed by atoms with Gasteiger partial charge in [0.25, 0.3) is 5.91 Å². The van der Waals surface area contributed by atoms with E-state index in [1.54, 1.807) is 0 Å². The number of hydrogen-bond acceptors (Lipinski definition) is 2. The number of halogens is 4. The molecule has 1 heterocycles. The average Bonchev–Trinajstić information content (AvgIpc) is 2.98. The third-order valence-electron chi connectivity index (χ3n) is 4.47. The Kier molecular flexibility index (Phi) is 4.49. The minimum atomic E-state index is -1.60. The van der Waals surface area contributed by atoms with Gasteiger partial charge in [-0.05, 0) is 36.8 Å². The van der Waals surface area contributed by atoms with Gasteiger partial charge in [0.2, 0.25) is 0 Å². The predicted octanol–water partition coefficient (Wildman–Crippen LogP) is 2.34. The van der Waals surface area contributed by atoms with Crippen molar-refractivity contribution in [2.45, 2.75) is 18.9 Å². The number of hydrogen-bond donors (Lipinski definition) is 1. The molecule has 1 amide bonds. The zero-order chi connectivity index (χ0) is 14.4. The molecule has 1 aliphatic heterocycles. The van der Waals surface area contributed by atoms with Crippen LogP contribution in [0.25, 0.3) is 0 Å². The Morgan fingerprint density at radius 3 is 2.52 bits per heavy atom. The summed E-state index contributed by atoms with van der Waals surface area (Å²) in [6, 6.07) is 1.82. The molecule has 3 atom stereocenters. The van der Waals surface area contributed by atoms with E-state index in [-0.39, 0.29) is 24.4 Å². The number of nitrogens with zero attached hydrogens (tertiary/aromatic N) is 1. The summed E-state index contributed by atoms with van der Waals surface area (Å²) in [5.41, 5.74) is 5.55. The van der Waals surface area contributed by atoms with Gasteiger partial charge in [-0.3, -0.25) is 4.79 Å². The smallest absolute Gasteiger partial charge is 0.256 e. The lowest BCUT2D eigenvalue weighted by Crippen LogP contribution is -2.34. The van der Waals surface area contributed by atoms with E-state index in [0.717, 1.165) is 25.0 Å². The number of rotatable bonds is 1. The number of fused-ring (bicyclic) bond motifs is 1. The first kappa shape index (κ1) is 16.1. The summed E-state index contributed by atoms with van der Waals surface area (Å²) in [5.74, 6) is -4.35. The second-order valence-corrected chi connectivity index (χ2v) is 5.60. The molecule has 7 heteroatoms. The highest BCUT2D eigenvalue weighted by molar-refractivity contribution is 5.94. The second kappa shape index (κ2) is 5.85. The fourth-order valence-corrected chi connectivity index (χ4v) is 3.33. The van der Waals surface area contributed by atoms with E-state index in [2.05, 4.69) is 0 Å². The van der Waals surface area contributed by atoms with Gasteiger partial charge in [-0.25, -0.2) is 13.2 Å². The van der Waals surface area contributed by atoms with Gasteiger partial charge in [-0.15, -0.1) is 12.4 Å². The molecule has 3 nitrogen and oxygen atoms in total. The molecule has 1 aliphatic carbocycles. The molecule has 1 saturated heterocycles. The number of carbonyl (C=O) groups is 1. The molecule has 21 heavy (non-hydrogen) atoms. The van der Waals surface area contributed by atoms with Crippen LogP contribution in [0.15, 0.2) is 12.1 Å². The van der Waals surface area contributed by atoms with Crippen molar-refractivity contribution in [1.82, 2.24) is 4.90 Å². The van der Waals surface area contributed by atoms with Crippen LogP contribution in [-0.4, -0.2) is 29.9 Å². The molecule has 0 spiro atoms. The SMILES string of the molecule is Cl.NC1CCC2CN(C(=O)c3ccc(F)c(F)c3F)CC12. The first-order valence-corrected chi connectivity index (χ1v) is 6.67. The summed E-state index contributed by atoms with van der Waals surface area (Å²) >= 11 is 0. The molecule has 1 aromatic carbocycles. The Morgan fingerprint density at radius 1 is 1.14 bits per heavy atom. The van der Waals surface area contributed by atoms with Gasteiger partial charge in [0.05, 0.1) is 5.56 Å². The fraction of sp³-hybridized carbons (Fsp3) is 0.500. The number of likely N-dealkylation sites (tertiary alicyclic amines) is 1. The minimum Gasteiger partial charge on any atom is -0.338 e. The standard InChI is InChI=1S/C14H15F3N2O.ClH/c15-10-3-2-8(12(16)13(10)17)14(20)19-5-7-1-4-11(18)9(7)6-19;/h2-3,7,9,11H,1,4-6,18H2;1H. The predicted molar refractivity (Wildman–Crippen MR) is 73.7 cm³/mol. The van der Waals surface area contributed by atoms with E-state index in [0.29, 0.717) is 19.0 Å². The lowest BCUT2D eigenvalue weighted by Gasteiger charge is -2.19. The molecule has 3 rings (SSSR count). The van der Waals surface area contributed by atoms with Gasteiger partial charge in [0, 0.05) is 19.1 Å². The minimum absolute atomic E-state index is 0. The first-order chi connectivity index (χ1) is 9.49. The fourth-order valence-electron chi connectivity index (χ4n) is 3.33. The zero-order valence-electron chi connectivity index (χ0n) is 11.2. The molecular weight excluding hydrogens is 305 g/mol. The molecule has 0 aromatic heterocycles. The van der Waals surface area contributed by atoms with Crippen molar-refractivity contribution in [3.63, 3.8) is 0 Å². The van der Waals surface area contributed by atoms with E-state index in [4.69, 9.17) is 5.73 Å². The van der Waals surface area contributed by atoms with E-state index < -0.39 is 28.9 Å². The van der Waals surface area contributed by atoms with Gasteiger partial charge < -0.3 is 10.6 Å². The maximum atomic E-state index is 13.6. The van der Waals surface area contributed by atoms with Crippen molar-refractivity contribution < 1.29 is 18.0 Å². The van der Waals surface area contributed by atoms with Gasteiger partial charge in [0.1, 0.15) is 0 Å². The lowest BCUT2D eigenvalue weighted by molar-refractivity contribution is 0.0773. The molecule has 0 bridgehead atoms. The topological polar surface area (TPSA) is 46.3 Å². The van der Waals surface area contributed by atoms with Crippen LogP contribution in [0.1, 0.15) is 23.2 Å². The Labute approximate surface area is 126 Å². The Balaban J connectivity index is 0.00000161. The molecule has 3 unspecified atom stereocenters. The molecule has 0 radical (unpaired) electrons. The van der Waals surface area contributed by atoms with Crippen molar-refractivity contribution in [2.75, 3.05) is 13.1 Å². The average molecular weight is 321 g/mol.